The molecule has 1 aliphatic rings. The second-order valence-electron chi connectivity index (χ2n) is 6.88. The van der Waals surface area contributed by atoms with Gasteiger partial charge >= 0.3 is 0 Å². The van der Waals surface area contributed by atoms with E-state index in [-0.39, 0.29) is 66.4 Å². The summed E-state index contributed by atoms with van der Waals surface area (Å²) < 4.78 is 0. The fourth-order valence-corrected chi connectivity index (χ4v) is 3.21. The first kappa shape index (κ1) is 20.4. The maximum absolute atomic E-state index is 11.9. The number of hydrogen-bond acceptors (Lipinski definition) is 5. The van der Waals surface area contributed by atoms with Gasteiger partial charge in [0.15, 0.2) is 0 Å². The molecule has 0 amide bonds. The minimum atomic E-state index is -0.176. The van der Waals surface area contributed by atoms with E-state index in [9.17, 15) is 24.0 Å². The monoisotopic (exact) mass is 336 g/mol. The van der Waals surface area contributed by atoms with Gasteiger partial charge in [0.25, 0.3) is 0 Å². The average molecular weight is 336 g/mol. The molecule has 134 valence electrons. The van der Waals surface area contributed by atoms with Crippen LogP contribution in [0.3, 0.4) is 0 Å². The van der Waals surface area contributed by atoms with E-state index in [1.807, 2.05) is 6.92 Å². The van der Waals surface area contributed by atoms with Crippen molar-refractivity contribution in [1.82, 2.24) is 0 Å². The maximum Gasteiger partial charge on any atom is 0.136 e. The van der Waals surface area contributed by atoms with Crippen molar-refractivity contribution in [3.63, 3.8) is 0 Å². The number of rotatable bonds is 11. The third kappa shape index (κ3) is 7.75. The van der Waals surface area contributed by atoms with E-state index in [1.165, 1.54) is 6.92 Å². The summed E-state index contributed by atoms with van der Waals surface area (Å²) in [6, 6.07) is 0. The molecule has 0 aliphatic heterocycles. The predicted molar refractivity (Wildman–Crippen MR) is 89.5 cm³/mol. The Labute approximate surface area is 143 Å². The number of ketones is 5. The third-order valence-electron chi connectivity index (χ3n) is 4.68. The highest BCUT2D eigenvalue weighted by molar-refractivity contribution is 5.90. The first-order valence-corrected chi connectivity index (χ1v) is 8.89. The van der Waals surface area contributed by atoms with Gasteiger partial charge in [0.05, 0.1) is 0 Å². The van der Waals surface area contributed by atoms with Crippen LogP contribution in [0.25, 0.3) is 0 Å². The molecule has 0 heterocycles. The van der Waals surface area contributed by atoms with E-state index in [0.29, 0.717) is 38.5 Å². The largest absolute Gasteiger partial charge is 0.300 e. The van der Waals surface area contributed by atoms with Gasteiger partial charge in [0.2, 0.25) is 0 Å². The van der Waals surface area contributed by atoms with Crippen LogP contribution in [0.5, 0.6) is 0 Å². The van der Waals surface area contributed by atoms with Crippen molar-refractivity contribution >= 4 is 28.9 Å². The molecular weight excluding hydrogens is 308 g/mol. The first-order chi connectivity index (χ1) is 11.3. The Morgan fingerprint density at radius 2 is 1.50 bits per heavy atom. The number of carbonyl (C=O) groups excluding carboxylic acids is 5. The van der Waals surface area contributed by atoms with E-state index in [0.717, 1.165) is 0 Å². The van der Waals surface area contributed by atoms with Gasteiger partial charge in [0.1, 0.15) is 28.9 Å². The fourth-order valence-electron chi connectivity index (χ4n) is 3.21. The molecule has 2 unspecified atom stereocenters. The highest BCUT2D eigenvalue weighted by atomic mass is 16.1. The van der Waals surface area contributed by atoms with Crippen LogP contribution in [0.1, 0.15) is 78.1 Å². The molecule has 0 aromatic heterocycles. The van der Waals surface area contributed by atoms with Gasteiger partial charge in [-0.3, -0.25) is 19.2 Å². The molecular formula is C19H28O5. The summed E-state index contributed by atoms with van der Waals surface area (Å²) in [5.41, 5.74) is 0. The van der Waals surface area contributed by atoms with Crippen molar-refractivity contribution in [2.75, 3.05) is 0 Å². The molecule has 0 spiro atoms. The number of hydrogen-bond donors (Lipinski definition) is 0. The summed E-state index contributed by atoms with van der Waals surface area (Å²) in [7, 11) is 0. The molecule has 0 aromatic rings. The van der Waals surface area contributed by atoms with E-state index in [1.54, 1.807) is 0 Å². The molecule has 2 atom stereocenters. The van der Waals surface area contributed by atoms with Crippen LogP contribution in [0.15, 0.2) is 0 Å². The van der Waals surface area contributed by atoms with Crippen molar-refractivity contribution < 1.29 is 24.0 Å². The zero-order chi connectivity index (χ0) is 18.1. The highest BCUT2D eigenvalue weighted by Crippen LogP contribution is 2.31. The molecule has 0 bridgehead atoms. The second-order valence-corrected chi connectivity index (χ2v) is 6.88. The standard InChI is InChI=1S/C19H28O5/c1-3-19(24)15-10-14(11-18(23)12-15)5-7-17(22)9-8-16(21)6-4-13(2)20/h14-15H,3-12H2,1-2H3. The summed E-state index contributed by atoms with van der Waals surface area (Å²) in [5.74, 6) is 0.115. The van der Waals surface area contributed by atoms with Crippen molar-refractivity contribution in [2.45, 2.75) is 78.1 Å². The molecule has 1 saturated carbocycles. The summed E-state index contributed by atoms with van der Waals surface area (Å²) in [6.45, 7) is 3.25. The topological polar surface area (TPSA) is 85.3 Å². The zero-order valence-corrected chi connectivity index (χ0v) is 14.8. The van der Waals surface area contributed by atoms with E-state index in [2.05, 4.69) is 0 Å². The third-order valence-corrected chi connectivity index (χ3v) is 4.68. The molecule has 1 fully saturated rings. The van der Waals surface area contributed by atoms with Gasteiger partial charge in [-0.1, -0.05) is 6.92 Å². The molecule has 1 aliphatic carbocycles. The Morgan fingerprint density at radius 3 is 2.08 bits per heavy atom. The van der Waals surface area contributed by atoms with Crippen molar-refractivity contribution in [1.29, 1.82) is 0 Å². The zero-order valence-electron chi connectivity index (χ0n) is 14.8. The number of carbonyl (C=O) groups is 5. The van der Waals surface area contributed by atoms with Crippen LogP contribution in [0.2, 0.25) is 0 Å². The Kier molecular flexibility index (Phi) is 8.72. The van der Waals surface area contributed by atoms with Gasteiger partial charge in [0, 0.05) is 57.3 Å². The highest BCUT2D eigenvalue weighted by Gasteiger charge is 2.30. The summed E-state index contributed by atoms with van der Waals surface area (Å²) in [4.78, 5) is 57.9. The van der Waals surface area contributed by atoms with Gasteiger partial charge < -0.3 is 4.79 Å². The van der Waals surface area contributed by atoms with Crippen molar-refractivity contribution in [3.8, 4) is 0 Å². The van der Waals surface area contributed by atoms with Crippen LogP contribution in [0, 0.1) is 11.8 Å². The lowest BCUT2D eigenvalue weighted by Gasteiger charge is -2.27. The quantitative estimate of drug-likeness (QED) is 0.579. The van der Waals surface area contributed by atoms with E-state index in [4.69, 9.17) is 0 Å². The summed E-state index contributed by atoms with van der Waals surface area (Å²) in [5, 5.41) is 0. The molecule has 0 saturated heterocycles. The smallest absolute Gasteiger partial charge is 0.136 e. The lowest BCUT2D eigenvalue weighted by molar-refractivity contribution is -0.131. The normalized spacial score (nSPS) is 20.7. The Morgan fingerprint density at radius 1 is 0.917 bits per heavy atom. The summed E-state index contributed by atoms with van der Waals surface area (Å²) in [6.07, 6.45) is 3.76. The van der Waals surface area contributed by atoms with Crippen LogP contribution >= 0.6 is 0 Å². The maximum atomic E-state index is 11.9. The van der Waals surface area contributed by atoms with Crippen LogP contribution in [-0.4, -0.2) is 28.9 Å². The summed E-state index contributed by atoms with van der Waals surface area (Å²) >= 11 is 0. The van der Waals surface area contributed by atoms with E-state index >= 15 is 0 Å². The molecule has 0 aromatic carbocycles. The predicted octanol–water partition coefficient (Wildman–Crippen LogP) is 3.02. The molecule has 5 heteroatoms. The fraction of sp³-hybridized carbons (Fsp3) is 0.737. The van der Waals surface area contributed by atoms with Crippen LogP contribution in [0.4, 0.5) is 0 Å². The molecule has 1 rings (SSSR count). The minimum Gasteiger partial charge on any atom is -0.300 e. The average Bonchev–Trinajstić information content (AvgIpc) is 2.54. The second kappa shape index (κ2) is 10.3. The molecule has 5 nitrogen and oxygen atoms in total. The van der Waals surface area contributed by atoms with Crippen LogP contribution in [-0.2, 0) is 24.0 Å². The SMILES string of the molecule is CCC(=O)C1CC(=O)CC(CCC(=O)CCC(=O)CCC(C)=O)C1. The number of Topliss-reactive ketones (excluding diaryl/α,β-unsaturated/α-hetero) is 5. The lowest BCUT2D eigenvalue weighted by atomic mass is 9.76. The molecule has 0 radical (unpaired) electrons. The van der Waals surface area contributed by atoms with Gasteiger partial charge in [-0.2, -0.15) is 0 Å². The van der Waals surface area contributed by atoms with Gasteiger partial charge in [-0.05, 0) is 25.7 Å². The molecule has 0 N–H and O–H groups in total. The lowest BCUT2D eigenvalue weighted by Crippen LogP contribution is -2.28. The molecule has 24 heavy (non-hydrogen) atoms. The van der Waals surface area contributed by atoms with Crippen LogP contribution < -0.4 is 0 Å². The minimum absolute atomic E-state index is 0.0163. The van der Waals surface area contributed by atoms with Crippen molar-refractivity contribution in [3.05, 3.63) is 0 Å². The van der Waals surface area contributed by atoms with Gasteiger partial charge in [-0.15, -0.1) is 0 Å². The Bertz CT molecular complexity index is 506. The van der Waals surface area contributed by atoms with Gasteiger partial charge in [-0.25, -0.2) is 0 Å². The van der Waals surface area contributed by atoms with E-state index < -0.39 is 0 Å². The van der Waals surface area contributed by atoms with Crippen molar-refractivity contribution in [2.24, 2.45) is 11.8 Å². The Hall–Kier alpha value is -1.65. The Balaban J connectivity index is 2.30. The first-order valence-electron chi connectivity index (χ1n) is 8.89.